The lowest BCUT2D eigenvalue weighted by molar-refractivity contribution is 0.103. The number of nitrogens with zero attached hydrogens (tertiary/aromatic N) is 3. The lowest BCUT2D eigenvalue weighted by Gasteiger charge is -2.22. The van der Waals surface area contributed by atoms with Crippen molar-refractivity contribution in [2.45, 2.75) is 50.8 Å². The number of nitrogen functional groups attached to an aromatic ring is 1. The van der Waals surface area contributed by atoms with E-state index in [0.29, 0.717) is 27.5 Å². The second kappa shape index (κ2) is 8.57. The van der Waals surface area contributed by atoms with Crippen LogP contribution in [-0.4, -0.2) is 26.8 Å². The summed E-state index contributed by atoms with van der Waals surface area (Å²) in [5.74, 6) is 2.02. The average molecular weight is 448 g/mol. The Morgan fingerprint density at radius 2 is 2.21 bits per heavy atom. The van der Waals surface area contributed by atoms with Crippen LogP contribution in [-0.2, 0) is 12.8 Å². The van der Waals surface area contributed by atoms with Crippen LogP contribution in [0.15, 0.2) is 10.4 Å². The highest BCUT2D eigenvalue weighted by Crippen LogP contribution is 2.37. The topological polar surface area (TPSA) is 93.8 Å². The molecule has 4 rings (SSSR count). The first kappa shape index (κ1) is 20.6. The quantitative estimate of drug-likeness (QED) is 0.396. The van der Waals surface area contributed by atoms with Gasteiger partial charge in [0.05, 0.1) is 5.69 Å². The van der Waals surface area contributed by atoms with Gasteiger partial charge in [-0.05, 0) is 42.7 Å². The van der Waals surface area contributed by atoms with Gasteiger partial charge in [-0.2, -0.15) is 0 Å². The third-order valence-corrected chi connectivity index (χ3v) is 8.65. The summed E-state index contributed by atoms with van der Waals surface area (Å²) in [6, 6.07) is 2.15. The molecule has 6 nitrogen and oxygen atoms in total. The number of amides is 1. The first-order valence-corrected chi connectivity index (χ1v) is 12.5. The summed E-state index contributed by atoms with van der Waals surface area (Å²) in [7, 11) is 0. The average Bonchev–Trinajstić information content (AvgIpc) is 3.28. The van der Waals surface area contributed by atoms with Crippen molar-refractivity contribution in [1.82, 2.24) is 15.2 Å². The van der Waals surface area contributed by atoms with E-state index in [1.807, 2.05) is 0 Å². The van der Waals surface area contributed by atoms with Crippen LogP contribution >= 0.6 is 34.4 Å². The van der Waals surface area contributed by atoms with Crippen molar-refractivity contribution >= 4 is 61.4 Å². The summed E-state index contributed by atoms with van der Waals surface area (Å²) in [6.07, 6.45) is 4.42. The molecule has 1 aliphatic rings. The van der Waals surface area contributed by atoms with Crippen molar-refractivity contribution < 1.29 is 4.79 Å². The third kappa shape index (κ3) is 4.41. The van der Waals surface area contributed by atoms with Crippen molar-refractivity contribution in [1.29, 1.82) is 0 Å². The van der Waals surface area contributed by atoms with Gasteiger partial charge in [0.1, 0.15) is 9.71 Å². The first-order valence-electron chi connectivity index (χ1n) is 9.93. The number of anilines is 2. The van der Waals surface area contributed by atoms with Crippen LogP contribution in [0.1, 0.15) is 54.5 Å². The van der Waals surface area contributed by atoms with Crippen molar-refractivity contribution in [2.75, 3.05) is 16.8 Å². The number of nitrogens with one attached hydrogen (secondary N) is 1. The molecule has 154 valence electrons. The number of thiophene rings is 1. The van der Waals surface area contributed by atoms with Gasteiger partial charge in [-0.3, -0.25) is 10.1 Å². The molecular formula is C20H25N5OS3. The molecule has 0 bridgehead atoms. The van der Waals surface area contributed by atoms with Crippen molar-refractivity contribution in [3.63, 3.8) is 0 Å². The minimum atomic E-state index is -0.244. The Morgan fingerprint density at radius 1 is 1.38 bits per heavy atom. The van der Waals surface area contributed by atoms with E-state index in [-0.39, 0.29) is 5.91 Å². The molecule has 0 saturated carbocycles. The normalized spacial score (nSPS) is 16.3. The fourth-order valence-corrected chi connectivity index (χ4v) is 6.21. The molecular weight excluding hydrogens is 422 g/mol. The number of fused-ring (bicyclic) bond motifs is 2. The maximum Gasteiger partial charge on any atom is 0.269 e. The molecule has 0 spiro atoms. The fraction of sp³-hybridized carbons (Fsp3) is 0.500. The van der Waals surface area contributed by atoms with E-state index < -0.39 is 0 Å². The summed E-state index contributed by atoms with van der Waals surface area (Å²) in [5.41, 5.74) is 9.30. The van der Waals surface area contributed by atoms with Gasteiger partial charge in [-0.15, -0.1) is 21.5 Å². The lowest BCUT2D eigenvalue weighted by atomic mass is 9.85. The highest BCUT2D eigenvalue weighted by molar-refractivity contribution is 8.01. The van der Waals surface area contributed by atoms with Gasteiger partial charge in [-0.1, -0.05) is 50.3 Å². The van der Waals surface area contributed by atoms with Crippen LogP contribution in [0, 0.1) is 11.8 Å². The Kier molecular flexibility index (Phi) is 6.08. The number of carbonyl (C=O) groups is 1. The van der Waals surface area contributed by atoms with Crippen LogP contribution in [0.5, 0.6) is 0 Å². The van der Waals surface area contributed by atoms with Crippen LogP contribution < -0.4 is 11.1 Å². The number of pyridine rings is 1. The molecule has 1 aliphatic carbocycles. The molecule has 9 heteroatoms. The molecule has 0 aromatic carbocycles. The van der Waals surface area contributed by atoms with Crippen LogP contribution in [0.4, 0.5) is 10.8 Å². The number of nitrogens with two attached hydrogens (primary N) is 1. The van der Waals surface area contributed by atoms with E-state index in [9.17, 15) is 4.79 Å². The minimum Gasteiger partial charge on any atom is -0.397 e. The second-order valence-corrected chi connectivity index (χ2v) is 11.1. The first-order chi connectivity index (χ1) is 13.9. The molecule has 3 aromatic rings. The molecule has 0 radical (unpaired) electrons. The molecule has 0 unspecified atom stereocenters. The summed E-state index contributed by atoms with van der Waals surface area (Å²) in [4.78, 5) is 19.0. The van der Waals surface area contributed by atoms with Gasteiger partial charge < -0.3 is 5.73 Å². The fourth-order valence-electron chi connectivity index (χ4n) is 3.49. The second-order valence-electron chi connectivity index (χ2n) is 7.84. The van der Waals surface area contributed by atoms with Gasteiger partial charge in [0, 0.05) is 16.8 Å². The number of thioether (sulfide) groups is 1. The standard InChI is InChI=1S/C20H25N5OS3/c1-4-11-5-6-14-12(7-11)8-13-15(21)16(28-18(13)22-14)17(26)23-19-24-25-20(29-19)27-9-10(2)3/h8,10-11H,4-7,9,21H2,1-3H3,(H,23,24,26)/t11-/m1/s1. The number of carbonyl (C=O) groups excluding carboxylic acids is 1. The number of hydrogen-bond acceptors (Lipinski definition) is 8. The summed E-state index contributed by atoms with van der Waals surface area (Å²) >= 11 is 4.40. The van der Waals surface area contributed by atoms with Crippen LogP contribution in [0.2, 0.25) is 0 Å². The Balaban J connectivity index is 1.54. The Bertz CT molecular complexity index is 1040. The molecule has 29 heavy (non-hydrogen) atoms. The van der Waals surface area contributed by atoms with Gasteiger partial charge in [0.2, 0.25) is 5.13 Å². The smallest absolute Gasteiger partial charge is 0.269 e. The van der Waals surface area contributed by atoms with Gasteiger partial charge in [-0.25, -0.2) is 4.98 Å². The van der Waals surface area contributed by atoms with Crippen molar-refractivity contribution in [3.05, 3.63) is 22.2 Å². The minimum absolute atomic E-state index is 0.244. The van der Waals surface area contributed by atoms with E-state index in [1.165, 1.54) is 41.1 Å². The van der Waals surface area contributed by atoms with Gasteiger partial charge >= 0.3 is 0 Å². The predicted octanol–water partition coefficient (Wildman–Crippen LogP) is 5.25. The number of hydrogen-bond donors (Lipinski definition) is 2. The molecule has 0 fully saturated rings. The van der Waals surface area contributed by atoms with E-state index in [2.05, 4.69) is 42.4 Å². The Morgan fingerprint density at radius 3 is 2.97 bits per heavy atom. The van der Waals surface area contributed by atoms with Crippen molar-refractivity contribution in [2.24, 2.45) is 11.8 Å². The maximum atomic E-state index is 12.8. The van der Waals surface area contributed by atoms with Gasteiger partial charge in [0.15, 0.2) is 4.34 Å². The van der Waals surface area contributed by atoms with E-state index in [4.69, 9.17) is 10.7 Å². The summed E-state index contributed by atoms with van der Waals surface area (Å²) in [6.45, 7) is 6.56. The Hall–Kier alpha value is -1.71. The monoisotopic (exact) mass is 447 g/mol. The molecule has 3 heterocycles. The Labute approximate surface area is 182 Å². The number of aromatic nitrogens is 3. The lowest BCUT2D eigenvalue weighted by Crippen LogP contribution is -2.14. The SMILES string of the molecule is CC[C@@H]1CCc2nc3sc(C(=O)Nc4nnc(SCC(C)C)s4)c(N)c3cc2C1. The molecule has 1 atom stereocenters. The number of aryl methyl sites for hydroxylation is 1. The summed E-state index contributed by atoms with van der Waals surface area (Å²) < 4.78 is 0.859. The highest BCUT2D eigenvalue weighted by Gasteiger charge is 2.23. The van der Waals surface area contributed by atoms with Crippen molar-refractivity contribution in [3.8, 4) is 0 Å². The number of rotatable bonds is 6. The molecule has 3 aromatic heterocycles. The van der Waals surface area contributed by atoms with Crippen LogP contribution in [0.25, 0.3) is 10.2 Å². The zero-order chi connectivity index (χ0) is 20.5. The zero-order valence-electron chi connectivity index (χ0n) is 16.8. The van der Waals surface area contributed by atoms with E-state index >= 15 is 0 Å². The van der Waals surface area contributed by atoms with Crippen LogP contribution in [0.3, 0.4) is 0 Å². The van der Waals surface area contributed by atoms with E-state index in [0.717, 1.165) is 38.8 Å². The summed E-state index contributed by atoms with van der Waals surface area (Å²) in [5, 5.41) is 12.5. The molecule has 1 amide bonds. The molecule has 0 aliphatic heterocycles. The zero-order valence-corrected chi connectivity index (χ0v) is 19.3. The third-order valence-electron chi connectivity index (χ3n) is 5.14. The predicted molar refractivity (Wildman–Crippen MR) is 123 cm³/mol. The largest absolute Gasteiger partial charge is 0.397 e. The molecule has 3 N–H and O–H groups in total. The highest BCUT2D eigenvalue weighted by atomic mass is 32.2. The van der Waals surface area contributed by atoms with E-state index in [1.54, 1.807) is 11.8 Å². The van der Waals surface area contributed by atoms with Gasteiger partial charge in [0.25, 0.3) is 5.91 Å². The maximum absolute atomic E-state index is 12.8. The molecule has 0 saturated heterocycles.